The van der Waals surface area contributed by atoms with Crippen LogP contribution >= 0.6 is 0 Å². The highest BCUT2D eigenvalue weighted by Gasteiger charge is 2.37. The van der Waals surface area contributed by atoms with Crippen molar-refractivity contribution in [2.45, 2.75) is 19.3 Å². The number of hydrogen-bond acceptors (Lipinski definition) is 1. The third-order valence-corrected chi connectivity index (χ3v) is 2.16. The third-order valence-electron chi connectivity index (χ3n) is 2.16. The Morgan fingerprint density at radius 1 is 0.944 bits per heavy atom. The summed E-state index contributed by atoms with van der Waals surface area (Å²) in [7, 11) is 0. The van der Waals surface area contributed by atoms with Gasteiger partial charge < -0.3 is 5.11 Å². The van der Waals surface area contributed by atoms with Gasteiger partial charge in [-0.05, 0) is 31.2 Å². The Morgan fingerprint density at radius 3 is 1.61 bits per heavy atom. The molecule has 0 aliphatic heterocycles. The summed E-state index contributed by atoms with van der Waals surface area (Å²) in [4.78, 5) is 0. The highest BCUT2D eigenvalue weighted by molar-refractivity contribution is 5.60. The van der Waals surface area contributed by atoms with Gasteiger partial charge in [0, 0.05) is 5.56 Å². The molecule has 0 saturated carbocycles. The fourth-order valence-electron chi connectivity index (χ4n) is 1.27. The summed E-state index contributed by atoms with van der Waals surface area (Å²) < 4.78 is 74.6. The standard InChI is InChI=1S/C11H8F6O/c1-2-9(18)6-3-7(10(12,13)14)5-8(4-6)11(15,16)17/h2-5,18H,1H3. The molecular formula is C11H8F6O. The van der Waals surface area contributed by atoms with Gasteiger partial charge >= 0.3 is 12.4 Å². The van der Waals surface area contributed by atoms with E-state index in [0.717, 1.165) is 6.08 Å². The van der Waals surface area contributed by atoms with Crippen LogP contribution in [0.3, 0.4) is 0 Å². The molecule has 1 aromatic carbocycles. The molecule has 0 aliphatic carbocycles. The van der Waals surface area contributed by atoms with Crippen molar-refractivity contribution in [3.8, 4) is 0 Å². The monoisotopic (exact) mass is 270 g/mol. The summed E-state index contributed by atoms with van der Waals surface area (Å²) in [6.07, 6.45) is -8.82. The minimum atomic E-state index is -4.91. The first-order valence-electron chi connectivity index (χ1n) is 4.71. The van der Waals surface area contributed by atoms with Gasteiger partial charge in [-0.3, -0.25) is 0 Å². The van der Waals surface area contributed by atoms with Gasteiger partial charge in [-0.25, -0.2) is 0 Å². The Hall–Kier alpha value is -1.66. The van der Waals surface area contributed by atoms with Crippen molar-refractivity contribution >= 4 is 5.76 Å². The van der Waals surface area contributed by atoms with Crippen LogP contribution in [-0.2, 0) is 12.4 Å². The van der Waals surface area contributed by atoms with E-state index in [4.69, 9.17) is 0 Å². The van der Waals surface area contributed by atoms with Crippen molar-refractivity contribution in [2.24, 2.45) is 0 Å². The SMILES string of the molecule is CC=C(O)c1cc(C(F)(F)F)cc(C(F)(F)F)c1. The van der Waals surface area contributed by atoms with Crippen LogP contribution in [0.5, 0.6) is 0 Å². The van der Waals surface area contributed by atoms with E-state index in [9.17, 15) is 31.4 Å². The van der Waals surface area contributed by atoms with Crippen LogP contribution in [0, 0.1) is 0 Å². The van der Waals surface area contributed by atoms with Gasteiger partial charge in [-0.2, -0.15) is 26.3 Å². The first-order valence-corrected chi connectivity index (χ1v) is 4.71. The number of allylic oxidation sites excluding steroid dienone is 1. The zero-order chi connectivity index (χ0) is 14.1. The molecule has 0 unspecified atom stereocenters. The van der Waals surface area contributed by atoms with Crippen LogP contribution in [-0.4, -0.2) is 5.11 Å². The van der Waals surface area contributed by atoms with Crippen LogP contribution in [0.15, 0.2) is 24.3 Å². The maximum Gasteiger partial charge on any atom is 0.416 e. The smallest absolute Gasteiger partial charge is 0.416 e. The van der Waals surface area contributed by atoms with Gasteiger partial charge in [-0.15, -0.1) is 0 Å². The quantitative estimate of drug-likeness (QED) is 0.582. The molecular weight excluding hydrogens is 262 g/mol. The molecule has 0 aliphatic rings. The van der Waals surface area contributed by atoms with Crippen LogP contribution in [0.4, 0.5) is 26.3 Å². The second-order valence-corrected chi connectivity index (χ2v) is 3.47. The van der Waals surface area contributed by atoms with Gasteiger partial charge in [-0.1, -0.05) is 0 Å². The zero-order valence-corrected chi connectivity index (χ0v) is 9.02. The molecule has 0 saturated heterocycles. The van der Waals surface area contributed by atoms with E-state index in [0.29, 0.717) is 12.1 Å². The molecule has 0 bridgehead atoms. The first-order chi connectivity index (χ1) is 8.05. The van der Waals surface area contributed by atoms with Gasteiger partial charge in [0.2, 0.25) is 0 Å². The summed E-state index contributed by atoms with van der Waals surface area (Å²) in [6.45, 7) is 1.29. The topological polar surface area (TPSA) is 20.2 Å². The number of halogens is 6. The summed E-state index contributed by atoms with van der Waals surface area (Å²) in [6, 6.07) is 0.932. The van der Waals surface area contributed by atoms with Crippen molar-refractivity contribution < 1.29 is 31.4 Å². The maximum absolute atomic E-state index is 12.4. The maximum atomic E-state index is 12.4. The minimum Gasteiger partial charge on any atom is -0.508 e. The lowest BCUT2D eigenvalue weighted by molar-refractivity contribution is -0.143. The molecule has 18 heavy (non-hydrogen) atoms. The average molecular weight is 270 g/mol. The van der Waals surface area contributed by atoms with Crippen LogP contribution < -0.4 is 0 Å². The Bertz CT molecular complexity index is 437. The van der Waals surface area contributed by atoms with Crippen LogP contribution in [0.25, 0.3) is 5.76 Å². The largest absolute Gasteiger partial charge is 0.508 e. The lowest BCUT2D eigenvalue weighted by Crippen LogP contribution is -2.11. The summed E-state index contributed by atoms with van der Waals surface area (Å²) >= 11 is 0. The number of aliphatic hydroxyl groups excluding tert-OH is 1. The van der Waals surface area contributed by atoms with E-state index in [1.54, 1.807) is 0 Å². The molecule has 0 fully saturated rings. The summed E-state index contributed by atoms with van der Waals surface area (Å²) in [5.41, 5.74) is -3.44. The number of hydrogen-bond donors (Lipinski definition) is 1. The molecule has 0 heterocycles. The molecule has 0 amide bonds. The molecule has 1 nitrogen and oxygen atoms in total. The van der Waals surface area contributed by atoms with Gasteiger partial charge in [0.15, 0.2) is 0 Å². The van der Waals surface area contributed by atoms with Gasteiger partial charge in [0.25, 0.3) is 0 Å². The van der Waals surface area contributed by atoms with E-state index >= 15 is 0 Å². The molecule has 1 rings (SSSR count). The average Bonchev–Trinajstić information content (AvgIpc) is 2.25. The van der Waals surface area contributed by atoms with E-state index < -0.39 is 34.8 Å². The molecule has 100 valence electrons. The van der Waals surface area contributed by atoms with Crippen molar-refractivity contribution in [3.63, 3.8) is 0 Å². The first kappa shape index (κ1) is 14.4. The molecule has 0 spiro atoms. The van der Waals surface area contributed by atoms with Crippen molar-refractivity contribution in [1.82, 2.24) is 0 Å². The fourth-order valence-corrected chi connectivity index (χ4v) is 1.27. The van der Waals surface area contributed by atoms with Crippen molar-refractivity contribution in [1.29, 1.82) is 0 Å². The predicted molar refractivity (Wildman–Crippen MR) is 52.7 cm³/mol. The lowest BCUT2D eigenvalue weighted by Gasteiger charge is -2.13. The summed E-state index contributed by atoms with van der Waals surface area (Å²) in [5.74, 6) is -0.647. The Kier molecular flexibility index (Phi) is 3.64. The third kappa shape index (κ3) is 3.18. The molecule has 7 heteroatoms. The van der Waals surface area contributed by atoms with Crippen molar-refractivity contribution in [2.75, 3.05) is 0 Å². The molecule has 1 N–H and O–H groups in total. The van der Waals surface area contributed by atoms with E-state index in [1.807, 2.05) is 0 Å². The van der Waals surface area contributed by atoms with Gasteiger partial charge in [0.05, 0.1) is 11.1 Å². The lowest BCUT2D eigenvalue weighted by atomic mass is 10.0. The van der Waals surface area contributed by atoms with E-state index in [2.05, 4.69) is 0 Å². The van der Waals surface area contributed by atoms with E-state index in [-0.39, 0.29) is 6.07 Å². The zero-order valence-electron chi connectivity index (χ0n) is 9.02. The molecule has 1 aromatic rings. The summed E-state index contributed by atoms with van der Waals surface area (Å²) in [5, 5.41) is 9.24. The molecule has 0 aromatic heterocycles. The Labute approximate surface area is 98.4 Å². The van der Waals surface area contributed by atoms with E-state index in [1.165, 1.54) is 6.92 Å². The van der Waals surface area contributed by atoms with Crippen LogP contribution in [0.2, 0.25) is 0 Å². The molecule has 0 atom stereocenters. The predicted octanol–water partition coefficient (Wildman–Crippen LogP) is 4.64. The number of benzene rings is 1. The van der Waals surface area contributed by atoms with Crippen LogP contribution in [0.1, 0.15) is 23.6 Å². The number of rotatable bonds is 1. The fraction of sp³-hybridized carbons (Fsp3) is 0.273. The Balaban J connectivity index is 3.49. The normalized spacial score (nSPS) is 13.8. The van der Waals surface area contributed by atoms with Crippen molar-refractivity contribution in [3.05, 3.63) is 41.0 Å². The number of alkyl halides is 6. The molecule has 0 radical (unpaired) electrons. The Morgan fingerprint density at radius 2 is 1.33 bits per heavy atom. The second kappa shape index (κ2) is 4.55. The number of aliphatic hydroxyl groups is 1. The highest BCUT2D eigenvalue weighted by Crippen LogP contribution is 2.37. The highest BCUT2D eigenvalue weighted by atomic mass is 19.4. The minimum absolute atomic E-state index is 0.00639. The van der Waals surface area contributed by atoms with Gasteiger partial charge in [0.1, 0.15) is 5.76 Å². The second-order valence-electron chi connectivity index (χ2n) is 3.47.